The zero-order valence-electron chi connectivity index (χ0n) is 9.69. The third-order valence-corrected chi connectivity index (χ3v) is 1.28. The van der Waals surface area contributed by atoms with Crippen molar-refractivity contribution in [3.8, 4) is 0 Å². The molecule has 0 aliphatic carbocycles. The number of azide groups is 1. The molecule has 1 atom stereocenters. The molecule has 0 unspecified atom stereocenters. The molecule has 0 fully saturated rings. The van der Waals surface area contributed by atoms with E-state index in [1.165, 1.54) is 0 Å². The summed E-state index contributed by atoms with van der Waals surface area (Å²) in [5.41, 5.74) is 7.29. The lowest BCUT2D eigenvalue weighted by molar-refractivity contribution is -0.138. The topological polar surface area (TPSA) is 137 Å². The molecule has 1 amide bonds. The number of carbonyl (C=O) groups is 2. The second kappa shape index (κ2) is 6.44. The summed E-state index contributed by atoms with van der Waals surface area (Å²) >= 11 is 0. The van der Waals surface area contributed by atoms with E-state index in [1.54, 1.807) is 20.8 Å². The molecule has 0 spiro atoms. The quantitative estimate of drug-likeness (QED) is 0.459. The first-order valence-corrected chi connectivity index (χ1v) is 4.64. The van der Waals surface area contributed by atoms with E-state index in [1.807, 2.05) is 0 Å². The minimum atomic E-state index is -1.39. The van der Waals surface area contributed by atoms with Crippen LogP contribution in [-0.2, 0) is 9.53 Å². The molecule has 0 saturated heterocycles. The molecule has 94 valence electrons. The Kier molecular flexibility index (Phi) is 5.62. The van der Waals surface area contributed by atoms with Gasteiger partial charge in [-0.15, -0.1) is 0 Å². The summed E-state index contributed by atoms with van der Waals surface area (Å²) in [7, 11) is 0. The highest BCUT2D eigenvalue weighted by Gasteiger charge is 2.18. The van der Waals surface area contributed by atoms with Crippen molar-refractivity contribution in [2.75, 3.05) is 6.54 Å². The Morgan fingerprint density at radius 2 is 2.06 bits per heavy atom. The average molecular weight is 243 g/mol. The average Bonchev–Trinajstić information content (AvgIpc) is 2.14. The van der Waals surface area contributed by atoms with Gasteiger partial charge in [0, 0.05) is 4.91 Å². The highest BCUT2D eigenvalue weighted by atomic mass is 16.6. The first-order valence-electron chi connectivity index (χ1n) is 4.64. The lowest BCUT2D eigenvalue weighted by Crippen LogP contribution is -2.23. The monoisotopic (exact) mass is 243 g/mol. The molecule has 9 nitrogen and oxygen atoms in total. The summed E-state index contributed by atoms with van der Waals surface area (Å²) in [6, 6.07) is -1.39. The minimum Gasteiger partial charge on any atom is -0.480 e. The highest BCUT2D eigenvalue weighted by Crippen LogP contribution is 2.08. The van der Waals surface area contributed by atoms with Gasteiger partial charge >= 0.3 is 12.1 Å². The molecule has 0 bridgehead atoms. The van der Waals surface area contributed by atoms with Crippen LogP contribution in [0.25, 0.3) is 10.4 Å². The van der Waals surface area contributed by atoms with Crippen LogP contribution in [0.3, 0.4) is 0 Å². The number of azo groups is 1. The van der Waals surface area contributed by atoms with E-state index in [0.717, 1.165) is 0 Å². The summed E-state index contributed by atoms with van der Waals surface area (Å²) in [5.74, 6) is -1.34. The van der Waals surface area contributed by atoms with Gasteiger partial charge in [-0.3, -0.25) is 0 Å². The SMILES string of the molecule is CC(C)(C)OC(=O)N=N[C@@H](CN=[N+]=[N-])C(=O)O. The van der Waals surface area contributed by atoms with Crippen molar-refractivity contribution >= 4 is 12.1 Å². The van der Waals surface area contributed by atoms with Gasteiger partial charge in [-0.1, -0.05) is 10.2 Å². The van der Waals surface area contributed by atoms with E-state index in [-0.39, 0.29) is 0 Å². The van der Waals surface area contributed by atoms with Crippen molar-refractivity contribution in [3.63, 3.8) is 0 Å². The van der Waals surface area contributed by atoms with Crippen LogP contribution < -0.4 is 0 Å². The third kappa shape index (κ3) is 7.74. The fourth-order valence-corrected chi connectivity index (χ4v) is 0.677. The number of ether oxygens (including phenoxy) is 1. The number of carboxylic acids is 1. The molecule has 1 N–H and O–H groups in total. The van der Waals surface area contributed by atoms with Gasteiger partial charge in [-0.05, 0) is 26.3 Å². The third-order valence-electron chi connectivity index (χ3n) is 1.28. The van der Waals surface area contributed by atoms with Crippen molar-refractivity contribution in [1.82, 2.24) is 0 Å². The second-order valence-electron chi connectivity index (χ2n) is 3.96. The van der Waals surface area contributed by atoms with Gasteiger partial charge < -0.3 is 9.84 Å². The standard InChI is InChI=1S/C8H13N5O4/c1-8(2,3)17-7(16)12-11-5(6(14)15)4-10-13-9/h5H,4H2,1-3H3,(H,14,15)/t5-/m0/s1. The predicted octanol–water partition coefficient (Wildman–Crippen LogP) is 2.14. The lowest BCUT2D eigenvalue weighted by atomic mass is 10.2. The van der Waals surface area contributed by atoms with Crippen LogP contribution in [-0.4, -0.2) is 35.4 Å². The molecule has 0 aliphatic heterocycles. The van der Waals surface area contributed by atoms with Crippen LogP contribution in [0.15, 0.2) is 15.3 Å². The number of nitrogens with zero attached hydrogens (tertiary/aromatic N) is 5. The summed E-state index contributed by atoms with van der Waals surface area (Å²) in [6.07, 6.45) is -0.996. The zero-order valence-corrected chi connectivity index (χ0v) is 9.69. The molecule has 0 heterocycles. The molecule has 0 aromatic heterocycles. The van der Waals surface area contributed by atoms with E-state index in [0.29, 0.717) is 0 Å². The predicted molar refractivity (Wildman–Crippen MR) is 56.5 cm³/mol. The Morgan fingerprint density at radius 3 is 2.47 bits per heavy atom. The molecule has 0 radical (unpaired) electrons. The summed E-state index contributed by atoms with van der Waals surface area (Å²) in [6.45, 7) is 4.48. The molecular weight excluding hydrogens is 230 g/mol. The van der Waals surface area contributed by atoms with Crippen LogP contribution in [0, 0.1) is 0 Å². The number of hydrogen-bond donors (Lipinski definition) is 1. The number of carboxylic acid groups (broad SMARTS) is 1. The van der Waals surface area contributed by atoms with E-state index in [9.17, 15) is 9.59 Å². The smallest absolute Gasteiger partial charge is 0.452 e. The molecule has 0 aromatic carbocycles. The van der Waals surface area contributed by atoms with Gasteiger partial charge in [-0.2, -0.15) is 5.11 Å². The van der Waals surface area contributed by atoms with Crippen molar-refractivity contribution in [2.45, 2.75) is 32.4 Å². The largest absolute Gasteiger partial charge is 0.480 e. The molecule has 17 heavy (non-hydrogen) atoms. The zero-order chi connectivity index (χ0) is 13.5. The Balaban J connectivity index is 4.49. The highest BCUT2D eigenvalue weighted by molar-refractivity contribution is 5.74. The van der Waals surface area contributed by atoms with Crippen LogP contribution >= 0.6 is 0 Å². The molecular formula is C8H13N5O4. The van der Waals surface area contributed by atoms with E-state index in [2.05, 4.69) is 20.3 Å². The van der Waals surface area contributed by atoms with Crippen molar-refractivity contribution in [3.05, 3.63) is 10.4 Å². The molecule has 0 aromatic rings. The van der Waals surface area contributed by atoms with Gasteiger partial charge in [-0.25, -0.2) is 9.59 Å². The van der Waals surface area contributed by atoms with Gasteiger partial charge in [0.15, 0.2) is 6.04 Å². The Labute approximate surface area is 97.1 Å². The summed E-state index contributed by atoms with van der Waals surface area (Å²) in [4.78, 5) is 24.1. The van der Waals surface area contributed by atoms with Crippen LogP contribution in [0.4, 0.5) is 4.79 Å². The first kappa shape index (κ1) is 14.8. The number of hydrogen-bond acceptors (Lipinski definition) is 5. The normalized spacial score (nSPS) is 12.9. The molecule has 9 heteroatoms. The maximum Gasteiger partial charge on any atom is 0.452 e. The summed E-state index contributed by atoms with van der Waals surface area (Å²) < 4.78 is 4.78. The Bertz CT molecular complexity index is 367. The van der Waals surface area contributed by atoms with Crippen molar-refractivity contribution < 1.29 is 19.4 Å². The summed E-state index contributed by atoms with van der Waals surface area (Å²) in [5, 5.41) is 18.0. The van der Waals surface area contributed by atoms with Crippen LogP contribution in [0.2, 0.25) is 0 Å². The van der Waals surface area contributed by atoms with Crippen LogP contribution in [0.1, 0.15) is 20.8 Å². The number of aliphatic carboxylic acids is 1. The molecule has 0 saturated carbocycles. The fraction of sp³-hybridized carbons (Fsp3) is 0.750. The van der Waals surface area contributed by atoms with E-state index in [4.69, 9.17) is 15.4 Å². The maximum absolute atomic E-state index is 11.1. The van der Waals surface area contributed by atoms with Gasteiger partial charge in [0.1, 0.15) is 5.60 Å². The number of amides is 1. The number of carbonyl (C=O) groups excluding carboxylic acids is 1. The van der Waals surface area contributed by atoms with Crippen molar-refractivity contribution in [2.24, 2.45) is 15.3 Å². The molecule has 0 rings (SSSR count). The first-order chi connectivity index (χ1) is 7.76. The van der Waals surface area contributed by atoms with Crippen LogP contribution in [0.5, 0.6) is 0 Å². The molecule has 0 aliphatic rings. The maximum atomic E-state index is 11.1. The van der Waals surface area contributed by atoms with Gasteiger partial charge in [0.05, 0.1) is 6.54 Å². The lowest BCUT2D eigenvalue weighted by Gasteiger charge is -2.16. The number of rotatable bonds is 4. The van der Waals surface area contributed by atoms with Gasteiger partial charge in [0.25, 0.3) is 0 Å². The van der Waals surface area contributed by atoms with E-state index < -0.39 is 30.3 Å². The minimum absolute atomic E-state index is 0.419. The van der Waals surface area contributed by atoms with E-state index >= 15 is 0 Å². The fourth-order valence-electron chi connectivity index (χ4n) is 0.677. The van der Waals surface area contributed by atoms with Crippen molar-refractivity contribution in [1.29, 1.82) is 0 Å². The Hall–Kier alpha value is -2.15. The van der Waals surface area contributed by atoms with Gasteiger partial charge in [0.2, 0.25) is 0 Å². The second-order valence-corrected chi connectivity index (χ2v) is 3.96. The Morgan fingerprint density at radius 1 is 1.47 bits per heavy atom.